The van der Waals surface area contributed by atoms with Crippen LogP contribution in [0.2, 0.25) is 0 Å². The number of hydrogen-bond acceptors (Lipinski definition) is 16. The lowest BCUT2D eigenvalue weighted by Crippen LogP contribution is -2.36. The highest BCUT2D eigenvalue weighted by Gasteiger charge is 2.27. The average molecular weight is 1090 g/mol. The van der Waals surface area contributed by atoms with E-state index in [1.807, 2.05) is 72.8 Å². The lowest BCUT2D eigenvalue weighted by atomic mass is 10.0. The van der Waals surface area contributed by atoms with Gasteiger partial charge in [0.1, 0.15) is 55.4 Å². The fourth-order valence-electron chi connectivity index (χ4n) is 7.46. The maximum Gasteiger partial charge on any atom is 0.279 e. The van der Waals surface area contributed by atoms with Gasteiger partial charge in [0.25, 0.3) is 5.91 Å². The molecule has 2 fully saturated rings. The van der Waals surface area contributed by atoms with Crippen molar-refractivity contribution >= 4 is 55.1 Å². The Labute approximate surface area is 424 Å². The predicted molar refractivity (Wildman–Crippen MR) is 270 cm³/mol. The summed E-state index contributed by atoms with van der Waals surface area (Å²) in [5.74, 6) is 4.51. The molecule has 2 unspecified atom stereocenters. The quantitative estimate of drug-likeness (QED) is 0.0664. The van der Waals surface area contributed by atoms with Gasteiger partial charge in [0.05, 0.1) is 68.2 Å². The van der Waals surface area contributed by atoms with Crippen LogP contribution < -0.4 is 28.7 Å². The fraction of sp³-hybridized carbons (Fsp3) is 0.353. The number of hydrogen-bond donors (Lipinski definition) is 0. The summed E-state index contributed by atoms with van der Waals surface area (Å²) in [7, 11) is 12.4. The number of aromatic nitrogens is 1. The van der Waals surface area contributed by atoms with Crippen molar-refractivity contribution in [1.29, 1.82) is 0 Å². The number of hydroxylamine groups is 2. The number of rotatable bonds is 16. The lowest BCUT2D eigenvalue weighted by Gasteiger charge is -2.29. The van der Waals surface area contributed by atoms with Gasteiger partial charge in [0.2, 0.25) is 5.78 Å². The van der Waals surface area contributed by atoms with Gasteiger partial charge in [-0.3, -0.25) is 14.4 Å². The number of halogens is 2. The first-order chi connectivity index (χ1) is 34.0. The number of pyridine rings is 1. The second-order valence-corrected chi connectivity index (χ2v) is 17.0. The van der Waals surface area contributed by atoms with E-state index in [4.69, 9.17) is 51.6 Å². The summed E-state index contributed by atoms with van der Waals surface area (Å²) in [6.45, 7) is 6.22. The molecule has 3 aromatic carbocycles. The number of Topliss-reactive ketones (excluding diaryl/α,β-unsaturated/α-hetero) is 1. The summed E-state index contributed by atoms with van der Waals surface area (Å²) in [4.78, 5) is 39.0. The van der Waals surface area contributed by atoms with E-state index >= 15 is 0 Å². The van der Waals surface area contributed by atoms with E-state index in [2.05, 4.69) is 46.6 Å². The third kappa shape index (κ3) is 13.3. The van der Waals surface area contributed by atoms with Gasteiger partial charge in [-0.25, -0.2) is 10.0 Å². The molecule has 2 saturated heterocycles. The Bertz CT molecular complexity index is 2530. The van der Waals surface area contributed by atoms with Gasteiger partial charge in [0, 0.05) is 76.0 Å². The zero-order chi connectivity index (χ0) is 50.2. The second kappa shape index (κ2) is 26.3. The number of benzene rings is 3. The summed E-state index contributed by atoms with van der Waals surface area (Å²) in [5.41, 5.74) is 4.22. The highest BCUT2D eigenvalue weighted by atomic mass is 79.9. The van der Waals surface area contributed by atoms with Crippen LogP contribution in [0.3, 0.4) is 0 Å². The molecule has 2 aliphatic rings. The number of carbonyl (C=O) groups is 2. The number of furan rings is 2. The number of methoxy groups -OCH3 is 6. The molecule has 3 aromatic heterocycles. The molecule has 0 saturated carbocycles. The SMILES string of the molecule is COC(C(=O)N(C)OC)c1ccc(N2CCOCC2)nc1.COc1cc(-c2ccc(C(=O)C(OC)c3ccc(N4CCOCC4)cc3)o2)cc(OC)c1Br.COc1cc(-c2ccco2)cc(OC)c1Br. The Balaban J connectivity index is 0.000000186. The Hall–Kier alpha value is -5.93. The van der Waals surface area contributed by atoms with Gasteiger partial charge in [0.15, 0.2) is 11.9 Å². The average Bonchev–Trinajstić information content (AvgIpc) is 4.15. The third-order valence-electron chi connectivity index (χ3n) is 11.3. The third-order valence-corrected chi connectivity index (χ3v) is 12.9. The maximum absolute atomic E-state index is 13.2. The molecule has 70 heavy (non-hydrogen) atoms. The van der Waals surface area contributed by atoms with E-state index in [9.17, 15) is 9.59 Å². The minimum absolute atomic E-state index is 0.218. The van der Waals surface area contributed by atoms with Crippen molar-refractivity contribution in [3.63, 3.8) is 0 Å². The van der Waals surface area contributed by atoms with Crippen LogP contribution in [-0.4, -0.2) is 131 Å². The second-order valence-electron chi connectivity index (χ2n) is 15.4. The van der Waals surface area contributed by atoms with Crippen molar-refractivity contribution in [2.45, 2.75) is 12.2 Å². The van der Waals surface area contributed by atoms with Crippen molar-refractivity contribution < 1.29 is 61.2 Å². The lowest BCUT2D eigenvalue weighted by molar-refractivity contribution is -0.179. The van der Waals surface area contributed by atoms with Crippen LogP contribution in [0.25, 0.3) is 22.6 Å². The molecule has 0 N–H and O–H groups in total. The molecule has 0 aliphatic carbocycles. The highest BCUT2D eigenvalue weighted by Crippen LogP contribution is 2.41. The molecule has 0 spiro atoms. The van der Waals surface area contributed by atoms with Crippen LogP contribution in [0.1, 0.15) is 33.9 Å². The molecule has 19 heteroatoms. The normalized spacial score (nSPS) is 14.3. The molecule has 2 atom stereocenters. The number of amides is 1. The van der Waals surface area contributed by atoms with E-state index in [1.165, 1.54) is 21.3 Å². The van der Waals surface area contributed by atoms with Crippen molar-refractivity contribution in [2.75, 3.05) is 119 Å². The summed E-state index contributed by atoms with van der Waals surface area (Å²) in [5, 5.41) is 1.14. The van der Waals surface area contributed by atoms with Crippen LogP contribution in [0.4, 0.5) is 11.5 Å². The zero-order valence-corrected chi connectivity index (χ0v) is 43.6. The van der Waals surface area contributed by atoms with E-state index in [0.717, 1.165) is 82.9 Å². The van der Waals surface area contributed by atoms with Crippen LogP contribution in [0, 0.1) is 0 Å². The number of likely N-dealkylation sites (N-methyl/N-ethyl adjacent to an activating group) is 1. The van der Waals surface area contributed by atoms with E-state index < -0.39 is 12.2 Å². The minimum atomic E-state index is -0.767. The first-order valence-electron chi connectivity index (χ1n) is 22.1. The van der Waals surface area contributed by atoms with Crippen LogP contribution in [-0.2, 0) is 28.6 Å². The summed E-state index contributed by atoms with van der Waals surface area (Å²) in [6, 6.07) is 26.2. The van der Waals surface area contributed by atoms with Gasteiger partial charge >= 0.3 is 0 Å². The zero-order valence-electron chi connectivity index (χ0n) is 40.4. The van der Waals surface area contributed by atoms with E-state index in [-0.39, 0.29) is 17.5 Å². The number of nitrogens with zero attached hydrogens (tertiary/aromatic N) is 4. The largest absolute Gasteiger partial charge is 0.495 e. The van der Waals surface area contributed by atoms with Crippen molar-refractivity contribution in [1.82, 2.24) is 10.0 Å². The molecular formula is C51H58Br2N4O13. The maximum atomic E-state index is 13.2. The number of ketones is 1. The molecule has 2 aliphatic heterocycles. The van der Waals surface area contributed by atoms with Gasteiger partial charge in [-0.1, -0.05) is 18.2 Å². The summed E-state index contributed by atoms with van der Waals surface area (Å²) >= 11 is 6.88. The molecule has 374 valence electrons. The molecule has 8 rings (SSSR count). The first kappa shape index (κ1) is 53.4. The fourth-order valence-corrected chi connectivity index (χ4v) is 8.57. The monoisotopic (exact) mass is 1090 g/mol. The Morgan fingerprint density at radius 3 is 1.60 bits per heavy atom. The van der Waals surface area contributed by atoms with Crippen LogP contribution in [0.15, 0.2) is 115 Å². The Morgan fingerprint density at radius 2 is 1.14 bits per heavy atom. The van der Waals surface area contributed by atoms with Crippen LogP contribution in [0.5, 0.6) is 23.0 Å². The number of morpholine rings is 2. The van der Waals surface area contributed by atoms with Gasteiger partial charge in [-0.15, -0.1) is 0 Å². The molecule has 0 radical (unpaired) electrons. The smallest absolute Gasteiger partial charge is 0.279 e. The molecule has 6 aromatic rings. The Morgan fingerprint density at radius 1 is 0.629 bits per heavy atom. The Kier molecular flexibility index (Phi) is 20.1. The van der Waals surface area contributed by atoms with Gasteiger partial charge < -0.3 is 56.5 Å². The van der Waals surface area contributed by atoms with Gasteiger partial charge in [-0.05, 0) is 104 Å². The van der Waals surface area contributed by atoms with Crippen molar-refractivity contribution in [3.8, 4) is 45.6 Å². The number of carbonyl (C=O) groups excluding carboxylic acids is 2. The summed E-state index contributed by atoms with van der Waals surface area (Å²) in [6.07, 6.45) is 1.81. The molecule has 1 amide bonds. The molecule has 0 bridgehead atoms. The van der Waals surface area contributed by atoms with Crippen LogP contribution >= 0.6 is 31.9 Å². The standard InChI is InChI=1S/C25H26BrNO6.C14H21N3O4.C12H11BrO3/c1-29-21-14-17(15-22(30-2)23(21)26)19-8-9-20(33-19)24(28)25(31-3)16-4-6-18(7-5-16)27-10-12-32-13-11-27;1-16(20-3)14(18)13(19-2)11-4-5-12(15-10-11)17-6-8-21-9-7-17;1-14-10-6-8(9-4-3-5-16-9)7-11(15-2)12(10)13/h4-9,14-15,25H,10-13H2,1-3H3;4-5,10,13H,6-9H2,1-3H3;3-7H,1-2H3. The van der Waals surface area contributed by atoms with Gasteiger partial charge in [-0.2, -0.15) is 0 Å². The highest BCUT2D eigenvalue weighted by molar-refractivity contribution is 9.11. The minimum Gasteiger partial charge on any atom is -0.495 e. The van der Waals surface area contributed by atoms with Crippen molar-refractivity contribution in [2.24, 2.45) is 0 Å². The van der Waals surface area contributed by atoms with E-state index in [0.29, 0.717) is 52.0 Å². The number of anilines is 2. The van der Waals surface area contributed by atoms with E-state index in [1.54, 1.807) is 60.1 Å². The molecular weight excluding hydrogens is 1040 g/mol. The van der Waals surface area contributed by atoms with Crippen molar-refractivity contribution in [3.05, 3.63) is 123 Å². The molecule has 5 heterocycles. The summed E-state index contributed by atoms with van der Waals surface area (Å²) < 4.78 is 55.6. The molecule has 17 nitrogen and oxygen atoms in total. The number of ether oxygens (including phenoxy) is 8. The first-order valence-corrected chi connectivity index (χ1v) is 23.7. The predicted octanol–water partition coefficient (Wildman–Crippen LogP) is 9.49. The topological polar surface area (TPSA) is 166 Å².